The first-order valence-corrected chi connectivity index (χ1v) is 5.71. The Labute approximate surface area is 114 Å². The van der Waals surface area contributed by atoms with Gasteiger partial charge < -0.3 is 4.74 Å². The van der Waals surface area contributed by atoms with E-state index in [1.54, 1.807) is 12.3 Å². The molecule has 0 aromatic carbocycles. The van der Waals surface area contributed by atoms with E-state index in [0.29, 0.717) is 6.42 Å². The zero-order valence-corrected chi connectivity index (χ0v) is 10.4. The van der Waals surface area contributed by atoms with Crippen molar-refractivity contribution in [2.24, 2.45) is 5.84 Å². The molecular weight excluding hydrogens is 264 g/mol. The van der Waals surface area contributed by atoms with Crippen molar-refractivity contribution in [2.75, 3.05) is 12.0 Å². The lowest BCUT2D eigenvalue weighted by Crippen LogP contribution is -2.12. The highest BCUT2D eigenvalue weighted by Crippen LogP contribution is 2.24. The summed E-state index contributed by atoms with van der Waals surface area (Å²) < 4.78 is 5.32. The zero-order valence-electron chi connectivity index (χ0n) is 10.4. The van der Waals surface area contributed by atoms with Crippen LogP contribution in [0, 0.1) is 10.1 Å². The maximum absolute atomic E-state index is 10.8. The van der Waals surface area contributed by atoms with Gasteiger partial charge in [-0.05, 0) is 12.1 Å². The number of hydrazine groups is 1. The maximum atomic E-state index is 10.8. The first-order valence-electron chi connectivity index (χ1n) is 5.71. The van der Waals surface area contributed by atoms with E-state index in [2.05, 4.69) is 20.4 Å². The van der Waals surface area contributed by atoms with Crippen LogP contribution in [-0.4, -0.2) is 26.5 Å². The summed E-state index contributed by atoms with van der Waals surface area (Å²) >= 11 is 0. The molecule has 3 N–H and O–H groups in total. The highest BCUT2D eigenvalue weighted by molar-refractivity contribution is 5.42. The van der Waals surface area contributed by atoms with Crippen LogP contribution in [0.5, 0.6) is 5.88 Å². The molecule has 0 unspecified atom stereocenters. The van der Waals surface area contributed by atoms with E-state index >= 15 is 0 Å². The quantitative estimate of drug-likeness (QED) is 0.447. The van der Waals surface area contributed by atoms with E-state index in [1.807, 2.05) is 12.1 Å². The number of nitro groups is 1. The first-order chi connectivity index (χ1) is 9.70. The minimum Gasteiger partial charge on any atom is -0.472 e. The SMILES string of the molecule is NNc1ncc([N+](=O)[O-])c(OCCc2ccccn2)n1. The van der Waals surface area contributed by atoms with Gasteiger partial charge in [-0.15, -0.1) is 0 Å². The van der Waals surface area contributed by atoms with Crippen molar-refractivity contribution in [2.45, 2.75) is 6.42 Å². The summed E-state index contributed by atoms with van der Waals surface area (Å²) in [5.41, 5.74) is 2.71. The number of pyridine rings is 1. The van der Waals surface area contributed by atoms with Crippen LogP contribution < -0.4 is 16.0 Å². The van der Waals surface area contributed by atoms with Gasteiger partial charge in [-0.2, -0.15) is 4.98 Å². The predicted octanol–water partition coefficient (Wildman–Crippen LogP) is 0.687. The molecule has 2 heterocycles. The number of hydrogen-bond acceptors (Lipinski definition) is 8. The Morgan fingerprint density at radius 1 is 1.40 bits per heavy atom. The van der Waals surface area contributed by atoms with Gasteiger partial charge in [0.1, 0.15) is 6.20 Å². The average Bonchev–Trinajstić information content (AvgIpc) is 2.48. The van der Waals surface area contributed by atoms with Crippen LogP contribution in [0.2, 0.25) is 0 Å². The van der Waals surface area contributed by atoms with Crippen molar-refractivity contribution in [1.82, 2.24) is 15.0 Å². The Morgan fingerprint density at radius 2 is 2.25 bits per heavy atom. The zero-order chi connectivity index (χ0) is 14.4. The molecule has 0 aliphatic rings. The third kappa shape index (κ3) is 3.36. The average molecular weight is 276 g/mol. The molecule has 9 nitrogen and oxygen atoms in total. The molecule has 9 heteroatoms. The molecule has 0 aliphatic carbocycles. The molecule has 0 atom stereocenters. The van der Waals surface area contributed by atoms with Crippen LogP contribution in [0.4, 0.5) is 11.6 Å². The fraction of sp³-hybridized carbons (Fsp3) is 0.182. The molecule has 20 heavy (non-hydrogen) atoms. The molecule has 2 rings (SSSR count). The summed E-state index contributed by atoms with van der Waals surface area (Å²) in [5, 5.41) is 10.8. The van der Waals surface area contributed by atoms with Crippen LogP contribution in [0.1, 0.15) is 5.69 Å². The number of aromatic nitrogens is 3. The molecule has 0 bridgehead atoms. The number of rotatable bonds is 6. The summed E-state index contributed by atoms with van der Waals surface area (Å²) in [6.07, 6.45) is 3.21. The van der Waals surface area contributed by atoms with Crippen molar-refractivity contribution in [1.29, 1.82) is 0 Å². The number of ether oxygens (including phenoxy) is 1. The molecule has 104 valence electrons. The Kier molecular flexibility index (Phi) is 4.35. The highest BCUT2D eigenvalue weighted by atomic mass is 16.6. The lowest BCUT2D eigenvalue weighted by Gasteiger charge is -2.06. The Balaban J connectivity index is 2.06. The third-order valence-corrected chi connectivity index (χ3v) is 2.38. The minimum atomic E-state index is -0.615. The van der Waals surface area contributed by atoms with Gasteiger partial charge in [0.25, 0.3) is 5.88 Å². The normalized spacial score (nSPS) is 10.1. The molecule has 0 fully saturated rings. The van der Waals surface area contributed by atoms with Crippen LogP contribution in [0.25, 0.3) is 0 Å². The van der Waals surface area contributed by atoms with E-state index in [0.717, 1.165) is 11.9 Å². The number of nitrogens with one attached hydrogen (secondary N) is 1. The Bertz CT molecular complexity index is 592. The summed E-state index contributed by atoms with van der Waals surface area (Å²) in [4.78, 5) is 21.8. The third-order valence-electron chi connectivity index (χ3n) is 2.38. The first kappa shape index (κ1) is 13.6. The van der Waals surface area contributed by atoms with Crippen molar-refractivity contribution >= 4 is 11.6 Å². The number of nitrogens with two attached hydrogens (primary N) is 1. The van der Waals surface area contributed by atoms with Gasteiger partial charge in [-0.3, -0.25) is 20.5 Å². The van der Waals surface area contributed by atoms with Crippen molar-refractivity contribution in [3.8, 4) is 5.88 Å². The molecule has 0 radical (unpaired) electrons. The summed E-state index contributed by atoms with van der Waals surface area (Å²) in [7, 11) is 0. The van der Waals surface area contributed by atoms with E-state index in [4.69, 9.17) is 10.6 Å². The van der Waals surface area contributed by atoms with Crippen LogP contribution in [-0.2, 0) is 6.42 Å². The number of anilines is 1. The Morgan fingerprint density at radius 3 is 2.90 bits per heavy atom. The fourth-order valence-electron chi connectivity index (χ4n) is 1.46. The van der Waals surface area contributed by atoms with Gasteiger partial charge in [-0.1, -0.05) is 6.07 Å². The summed E-state index contributed by atoms with van der Waals surface area (Å²) in [6, 6.07) is 5.50. The lowest BCUT2D eigenvalue weighted by molar-refractivity contribution is -0.386. The van der Waals surface area contributed by atoms with E-state index < -0.39 is 4.92 Å². The van der Waals surface area contributed by atoms with Crippen LogP contribution >= 0.6 is 0 Å². The standard InChI is InChI=1S/C11H12N6O3/c12-16-11-14-7-9(17(18)19)10(15-11)20-6-4-8-3-1-2-5-13-8/h1-3,5,7H,4,6,12H2,(H,14,15,16). The molecule has 0 aliphatic heterocycles. The number of nitrogen functional groups attached to an aromatic ring is 1. The topological polar surface area (TPSA) is 129 Å². The van der Waals surface area contributed by atoms with Gasteiger partial charge in [-0.25, -0.2) is 10.8 Å². The van der Waals surface area contributed by atoms with Gasteiger partial charge in [0.2, 0.25) is 5.95 Å². The molecule has 0 amide bonds. The second-order valence-electron chi connectivity index (χ2n) is 3.70. The molecular formula is C11H12N6O3. The monoisotopic (exact) mass is 276 g/mol. The number of nitrogens with zero attached hydrogens (tertiary/aromatic N) is 4. The molecule has 0 spiro atoms. The predicted molar refractivity (Wildman–Crippen MR) is 69.9 cm³/mol. The molecule has 2 aromatic heterocycles. The van der Waals surface area contributed by atoms with Gasteiger partial charge in [0.15, 0.2) is 0 Å². The summed E-state index contributed by atoms with van der Waals surface area (Å²) in [6.45, 7) is 0.207. The van der Waals surface area contributed by atoms with Crippen molar-refractivity contribution in [3.05, 3.63) is 46.4 Å². The van der Waals surface area contributed by atoms with Gasteiger partial charge in [0.05, 0.1) is 11.5 Å². The highest BCUT2D eigenvalue weighted by Gasteiger charge is 2.18. The van der Waals surface area contributed by atoms with E-state index in [9.17, 15) is 10.1 Å². The number of hydrogen-bond donors (Lipinski definition) is 2. The van der Waals surface area contributed by atoms with Gasteiger partial charge in [0, 0.05) is 18.3 Å². The molecule has 0 saturated carbocycles. The van der Waals surface area contributed by atoms with Crippen LogP contribution in [0.15, 0.2) is 30.6 Å². The molecule has 2 aromatic rings. The second-order valence-corrected chi connectivity index (χ2v) is 3.70. The second kappa shape index (κ2) is 6.38. The van der Waals surface area contributed by atoms with Crippen LogP contribution in [0.3, 0.4) is 0 Å². The summed E-state index contributed by atoms with van der Waals surface area (Å²) in [5.74, 6) is 5.07. The van der Waals surface area contributed by atoms with Crippen molar-refractivity contribution in [3.63, 3.8) is 0 Å². The molecule has 0 saturated heterocycles. The lowest BCUT2D eigenvalue weighted by atomic mass is 10.3. The largest absolute Gasteiger partial charge is 0.472 e. The van der Waals surface area contributed by atoms with Gasteiger partial charge >= 0.3 is 5.69 Å². The Hall–Kier alpha value is -2.81. The van der Waals surface area contributed by atoms with Crippen molar-refractivity contribution < 1.29 is 9.66 Å². The maximum Gasteiger partial charge on any atom is 0.349 e. The fourth-order valence-corrected chi connectivity index (χ4v) is 1.46. The smallest absolute Gasteiger partial charge is 0.349 e. The van der Waals surface area contributed by atoms with E-state index in [-0.39, 0.29) is 24.1 Å². The van der Waals surface area contributed by atoms with E-state index in [1.165, 1.54) is 0 Å². The minimum absolute atomic E-state index is 0.0448.